The Hall–Kier alpha value is -0.840. The van der Waals surface area contributed by atoms with Crippen molar-refractivity contribution in [2.75, 3.05) is 6.61 Å². The highest BCUT2D eigenvalue weighted by molar-refractivity contribution is 7.80. The summed E-state index contributed by atoms with van der Waals surface area (Å²) in [6.07, 6.45) is 1.55. The maximum Gasteiger partial charge on any atom is 0.328 e. The summed E-state index contributed by atoms with van der Waals surface area (Å²) in [5, 5.41) is 2.83. The molecule has 0 fully saturated rings. The first kappa shape index (κ1) is 12.2. The molecule has 0 spiro atoms. The minimum Gasteiger partial charge on any atom is -0.464 e. The van der Waals surface area contributed by atoms with Gasteiger partial charge in [-0.05, 0) is 25.6 Å². The second-order valence-electron chi connectivity index (χ2n) is 2.60. The monoisotopic (exact) mass is 204 g/mol. The van der Waals surface area contributed by atoms with Crippen molar-refractivity contribution >= 4 is 23.3 Å². The standard InChI is InChI=1S/C8H16N2O2S/c1-3-5-6(10-8(9)13)7(11)12-4-2/h6H,3-5H2,1-2H3,(H3,9,10,13). The van der Waals surface area contributed by atoms with E-state index in [9.17, 15) is 4.79 Å². The van der Waals surface area contributed by atoms with E-state index in [2.05, 4.69) is 17.5 Å². The van der Waals surface area contributed by atoms with Crippen LogP contribution in [0.15, 0.2) is 0 Å². The van der Waals surface area contributed by atoms with Crippen LogP contribution in [0.3, 0.4) is 0 Å². The maximum absolute atomic E-state index is 11.3. The zero-order valence-corrected chi connectivity index (χ0v) is 8.82. The lowest BCUT2D eigenvalue weighted by Gasteiger charge is -2.15. The van der Waals surface area contributed by atoms with Crippen molar-refractivity contribution in [1.82, 2.24) is 5.32 Å². The summed E-state index contributed by atoms with van der Waals surface area (Å²) in [7, 11) is 0. The van der Waals surface area contributed by atoms with Gasteiger partial charge in [0.25, 0.3) is 0 Å². The fraction of sp³-hybridized carbons (Fsp3) is 0.750. The van der Waals surface area contributed by atoms with Gasteiger partial charge in [-0.3, -0.25) is 0 Å². The SMILES string of the molecule is CCCC(NC(N)=S)C(=O)OCC. The Kier molecular flexibility index (Phi) is 6.22. The highest BCUT2D eigenvalue weighted by atomic mass is 32.1. The molecule has 1 unspecified atom stereocenters. The Morgan fingerprint density at radius 2 is 2.23 bits per heavy atom. The van der Waals surface area contributed by atoms with E-state index in [1.54, 1.807) is 6.92 Å². The van der Waals surface area contributed by atoms with Gasteiger partial charge in [0.2, 0.25) is 0 Å². The number of ether oxygens (including phenoxy) is 1. The Labute approximate surface area is 83.8 Å². The third kappa shape index (κ3) is 5.41. The van der Waals surface area contributed by atoms with Crippen LogP contribution in [0.2, 0.25) is 0 Å². The minimum absolute atomic E-state index is 0.131. The molecule has 0 aliphatic heterocycles. The van der Waals surface area contributed by atoms with Crippen molar-refractivity contribution < 1.29 is 9.53 Å². The van der Waals surface area contributed by atoms with Crippen LogP contribution in [0.25, 0.3) is 0 Å². The molecule has 1 atom stereocenters. The van der Waals surface area contributed by atoms with Crippen molar-refractivity contribution in [3.63, 3.8) is 0 Å². The number of hydrogen-bond acceptors (Lipinski definition) is 3. The molecule has 4 nitrogen and oxygen atoms in total. The number of nitrogens with two attached hydrogens (primary N) is 1. The minimum atomic E-state index is -0.401. The molecule has 0 aromatic carbocycles. The van der Waals surface area contributed by atoms with E-state index in [1.165, 1.54) is 0 Å². The zero-order valence-electron chi connectivity index (χ0n) is 8.00. The van der Waals surface area contributed by atoms with Crippen LogP contribution >= 0.6 is 12.2 Å². The van der Waals surface area contributed by atoms with Gasteiger partial charge in [0.15, 0.2) is 5.11 Å². The van der Waals surface area contributed by atoms with Crippen molar-refractivity contribution in [3.8, 4) is 0 Å². The summed E-state index contributed by atoms with van der Waals surface area (Å²) in [6.45, 7) is 4.12. The quantitative estimate of drug-likeness (QED) is 0.506. The highest BCUT2D eigenvalue weighted by Gasteiger charge is 2.18. The molecule has 3 N–H and O–H groups in total. The van der Waals surface area contributed by atoms with Crippen LogP contribution in [-0.4, -0.2) is 23.7 Å². The molecule has 0 heterocycles. The fourth-order valence-electron chi connectivity index (χ4n) is 0.952. The Bertz CT molecular complexity index is 185. The molecule has 13 heavy (non-hydrogen) atoms. The molecular formula is C8H16N2O2S. The topological polar surface area (TPSA) is 64.3 Å². The van der Waals surface area contributed by atoms with Gasteiger partial charge in [0, 0.05) is 0 Å². The summed E-state index contributed by atoms with van der Waals surface area (Å²) >= 11 is 4.65. The zero-order chi connectivity index (χ0) is 10.3. The number of rotatable bonds is 5. The molecule has 76 valence electrons. The number of esters is 1. The van der Waals surface area contributed by atoms with Crippen molar-refractivity contribution in [1.29, 1.82) is 0 Å². The van der Waals surface area contributed by atoms with Crippen molar-refractivity contribution in [2.45, 2.75) is 32.7 Å². The molecule has 0 radical (unpaired) electrons. The van der Waals surface area contributed by atoms with Gasteiger partial charge in [-0.2, -0.15) is 0 Å². The van der Waals surface area contributed by atoms with Gasteiger partial charge >= 0.3 is 5.97 Å². The molecule has 0 bridgehead atoms. The van der Waals surface area contributed by atoms with E-state index in [4.69, 9.17) is 10.5 Å². The summed E-state index contributed by atoms with van der Waals surface area (Å²) < 4.78 is 4.84. The van der Waals surface area contributed by atoms with E-state index < -0.39 is 6.04 Å². The second-order valence-corrected chi connectivity index (χ2v) is 3.04. The average molecular weight is 204 g/mol. The predicted octanol–water partition coefficient (Wildman–Crippen LogP) is 0.551. The van der Waals surface area contributed by atoms with Gasteiger partial charge in [0.05, 0.1) is 6.61 Å². The van der Waals surface area contributed by atoms with E-state index >= 15 is 0 Å². The third-order valence-corrected chi connectivity index (χ3v) is 1.58. The van der Waals surface area contributed by atoms with Gasteiger partial charge < -0.3 is 15.8 Å². The Balaban J connectivity index is 4.06. The normalized spacial score (nSPS) is 11.8. The molecule has 0 saturated heterocycles. The van der Waals surface area contributed by atoms with Crippen molar-refractivity contribution in [2.24, 2.45) is 5.73 Å². The molecule has 0 saturated carbocycles. The second kappa shape index (κ2) is 6.65. The van der Waals surface area contributed by atoms with Crippen LogP contribution < -0.4 is 11.1 Å². The van der Waals surface area contributed by atoms with Gasteiger partial charge in [0.1, 0.15) is 6.04 Å². The molecule has 0 aromatic heterocycles. The van der Waals surface area contributed by atoms with E-state index in [-0.39, 0.29) is 11.1 Å². The first-order chi connectivity index (χ1) is 6.11. The summed E-state index contributed by atoms with van der Waals surface area (Å²) in [5.74, 6) is -0.294. The smallest absolute Gasteiger partial charge is 0.328 e. The number of carbonyl (C=O) groups excluding carboxylic acids is 1. The molecule has 0 aliphatic rings. The third-order valence-electron chi connectivity index (χ3n) is 1.46. The number of thiocarbonyl (C=S) groups is 1. The van der Waals surface area contributed by atoms with Crippen LogP contribution in [0.4, 0.5) is 0 Å². The molecule has 0 amide bonds. The van der Waals surface area contributed by atoms with Crippen LogP contribution in [0.5, 0.6) is 0 Å². The number of nitrogens with one attached hydrogen (secondary N) is 1. The van der Waals surface area contributed by atoms with Crippen LogP contribution in [0.1, 0.15) is 26.7 Å². The summed E-state index contributed by atoms with van der Waals surface area (Å²) in [4.78, 5) is 11.3. The molecule has 0 rings (SSSR count). The van der Waals surface area contributed by atoms with E-state index in [0.29, 0.717) is 13.0 Å². The molecule has 0 aliphatic carbocycles. The summed E-state index contributed by atoms with van der Waals surface area (Å²) in [6, 6.07) is -0.401. The Morgan fingerprint density at radius 1 is 1.62 bits per heavy atom. The van der Waals surface area contributed by atoms with Crippen molar-refractivity contribution in [3.05, 3.63) is 0 Å². The lowest BCUT2D eigenvalue weighted by atomic mass is 10.2. The number of carbonyl (C=O) groups is 1. The van der Waals surface area contributed by atoms with Crippen LogP contribution in [0, 0.1) is 0 Å². The van der Waals surface area contributed by atoms with Gasteiger partial charge in [-0.25, -0.2) is 4.79 Å². The molecule has 5 heteroatoms. The Morgan fingerprint density at radius 3 is 2.62 bits per heavy atom. The summed E-state index contributed by atoms with van der Waals surface area (Å²) in [5.41, 5.74) is 5.27. The lowest BCUT2D eigenvalue weighted by molar-refractivity contribution is -0.145. The van der Waals surface area contributed by atoms with Crippen LogP contribution in [-0.2, 0) is 9.53 Å². The number of hydrogen-bond donors (Lipinski definition) is 2. The largest absolute Gasteiger partial charge is 0.464 e. The molecular weight excluding hydrogens is 188 g/mol. The predicted molar refractivity (Wildman–Crippen MR) is 55.3 cm³/mol. The molecule has 0 aromatic rings. The van der Waals surface area contributed by atoms with E-state index in [0.717, 1.165) is 6.42 Å². The highest BCUT2D eigenvalue weighted by Crippen LogP contribution is 1.99. The average Bonchev–Trinajstić information content (AvgIpc) is 2.03. The fourth-order valence-corrected chi connectivity index (χ4v) is 1.09. The van der Waals surface area contributed by atoms with Gasteiger partial charge in [-0.15, -0.1) is 0 Å². The van der Waals surface area contributed by atoms with E-state index in [1.807, 2.05) is 6.92 Å². The van der Waals surface area contributed by atoms with Gasteiger partial charge in [-0.1, -0.05) is 13.3 Å². The first-order valence-electron chi connectivity index (χ1n) is 4.34. The maximum atomic E-state index is 11.3. The first-order valence-corrected chi connectivity index (χ1v) is 4.75. The lowest BCUT2D eigenvalue weighted by Crippen LogP contribution is -2.44.